The molecule has 5 rings (SSSR count). The number of ether oxygens (including phenoxy) is 3. The number of hydrogen-bond acceptors (Lipinski definition) is 6. The number of para-hydroxylation sites is 1. The second-order valence-electron chi connectivity index (χ2n) is 8.09. The lowest BCUT2D eigenvalue weighted by Crippen LogP contribution is -2.47. The molecule has 3 aromatic carbocycles. The van der Waals surface area contributed by atoms with E-state index in [0.29, 0.717) is 19.3 Å². The highest BCUT2D eigenvalue weighted by atomic mass is 16.6. The van der Waals surface area contributed by atoms with Crippen molar-refractivity contribution in [3.8, 4) is 22.6 Å². The summed E-state index contributed by atoms with van der Waals surface area (Å²) in [5.74, 6) is 1.64. The van der Waals surface area contributed by atoms with Gasteiger partial charge in [-0.3, -0.25) is 0 Å². The van der Waals surface area contributed by atoms with Gasteiger partial charge in [0.25, 0.3) is 0 Å². The van der Waals surface area contributed by atoms with Crippen molar-refractivity contribution in [2.24, 2.45) is 0 Å². The molecule has 2 aliphatic rings. The lowest BCUT2D eigenvalue weighted by Gasteiger charge is -2.24. The van der Waals surface area contributed by atoms with Crippen molar-refractivity contribution in [3.05, 3.63) is 72.3 Å². The number of nitrogens with one attached hydrogen (secondary N) is 3. The Balaban J connectivity index is 1.17. The van der Waals surface area contributed by atoms with Crippen LogP contribution >= 0.6 is 0 Å². The van der Waals surface area contributed by atoms with Crippen molar-refractivity contribution >= 4 is 11.4 Å². The average Bonchev–Trinajstić information content (AvgIpc) is 2.86. The molecule has 2 heterocycles. The molecular weight excluding hydrogens is 402 g/mol. The summed E-state index contributed by atoms with van der Waals surface area (Å²) in [7, 11) is 0. The van der Waals surface area contributed by atoms with Crippen LogP contribution in [0.2, 0.25) is 0 Å². The molecule has 0 radical (unpaired) electrons. The molecule has 1 fully saturated rings. The summed E-state index contributed by atoms with van der Waals surface area (Å²) in [5.41, 5.74) is 5.54. The predicted octanol–water partition coefficient (Wildman–Crippen LogP) is 3.95. The van der Waals surface area contributed by atoms with Crippen LogP contribution in [-0.2, 0) is 11.3 Å². The van der Waals surface area contributed by atoms with Crippen LogP contribution in [0.1, 0.15) is 5.56 Å². The van der Waals surface area contributed by atoms with E-state index in [0.717, 1.165) is 66.8 Å². The summed E-state index contributed by atoms with van der Waals surface area (Å²) in [4.78, 5) is 0. The van der Waals surface area contributed by atoms with Crippen LogP contribution in [0.4, 0.5) is 11.4 Å². The monoisotopic (exact) mass is 431 g/mol. The number of morpholine rings is 1. The fraction of sp³-hybridized carbons (Fsp3) is 0.308. The second-order valence-corrected chi connectivity index (χ2v) is 8.09. The van der Waals surface area contributed by atoms with Gasteiger partial charge in [0.15, 0.2) is 11.5 Å². The van der Waals surface area contributed by atoms with Gasteiger partial charge in [0.05, 0.1) is 13.2 Å². The largest absolute Gasteiger partial charge is 0.486 e. The molecule has 1 unspecified atom stereocenters. The number of rotatable bonds is 7. The topological polar surface area (TPSA) is 63.8 Å². The normalized spacial score (nSPS) is 17.7. The Morgan fingerprint density at radius 3 is 2.41 bits per heavy atom. The van der Waals surface area contributed by atoms with Gasteiger partial charge in [0.1, 0.15) is 13.2 Å². The maximum atomic E-state index is 5.85. The van der Waals surface area contributed by atoms with Crippen molar-refractivity contribution in [2.45, 2.75) is 12.6 Å². The van der Waals surface area contributed by atoms with Gasteiger partial charge in [0, 0.05) is 42.6 Å². The molecule has 1 saturated heterocycles. The molecule has 2 aliphatic heterocycles. The quantitative estimate of drug-likeness (QED) is 0.527. The lowest BCUT2D eigenvalue weighted by molar-refractivity contribution is 0.0766. The summed E-state index contributed by atoms with van der Waals surface area (Å²) < 4.78 is 17.0. The number of fused-ring (bicyclic) bond motifs is 1. The minimum absolute atomic E-state index is 0.396. The van der Waals surface area contributed by atoms with E-state index in [-0.39, 0.29) is 0 Å². The van der Waals surface area contributed by atoms with Crippen molar-refractivity contribution in [1.82, 2.24) is 10.6 Å². The van der Waals surface area contributed by atoms with Crippen LogP contribution in [0, 0.1) is 0 Å². The maximum absolute atomic E-state index is 5.85. The van der Waals surface area contributed by atoms with E-state index >= 15 is 0 Å². The highest BCUT2D eigenvalue weighted by Gasteiger charge is 2.16. The summed E-state index contributed by atoms with van der Waals surface area (Å²) in [6, 6.07) is 23.4. The highest BCUT2D eigenvalue weighted by molar-refractivity contribution is 5.76. The molecule has 6 nitrogen and oxygen atoms in total. The SMILES string of the molecule is c1cc2c(c(-c3ccc(Nc4ccc(CNCC5COCCN5)cc4)cc3)c1)OCCO2. The predicted molar refractivity (Wildman–Crippen MR) is 127 cm³/mol. The fourth-order valence-corrected chi connectivity index (χ4v) is 4.05. The zero-order valence-corrected chi connectivity index (χ0v) is 18.1. The van der Waals surface area contributed by atoms with Crippen LogP contribution in [0.5, 0.6) is 11.5 Å². The average molecular weight is 432 g/mol. The zero-order chi connectivity index (χ0) is 21.6. The van der Waals surface area contributed by atoms with Crippen LogP contribution < -0.4 is 25.4 Å². The minimum atomic E-state index is 0.396. The number of anilines is 2. The third kappa shape index (κ3) is 5.05. The summed E-state index contributed by atoms with van der Waals surface area (Å²) in [6.07, 6.45) is 0. The molecule has 0 aliphatic carbocycles. The smallest absolute Gasteiger partial charge is 0.169 e. The standard InChI is InChI=1S/C26H29N3O3/c1-2-24(26-25(3-1)31-14-15-32-26)20-6-10-22(11-7-20)29-21-8-4-19(5-9-21)16-27-17-23-18-30-13-12-28-23/h1-11,23,27-29H,12-18H2. The van der Waals surface area contributed by atoms with E-state index in [1.807, 2.05) is 12.1 Å². The van der Waals surface area contributed by atoms with Crippen molar-refractivity contribution < 1.29 is 14.2 Å². The zero-order valence-electron chi connectivity index (χ0n) is 18.1. The second kappa shape index (κ2) is 10.0. The Labute approximate surface area is 188 Å². The number of hydrogen-bond donors (Lipinski definition) is 3. The molecule has 1 atom stereocenters. The first-order valence-corrected chi connectivity index (χ1v) is 11.2. The molecular formula is C26H29N3O3. The number of benzene rings is 3. The first kappa shape index (κ1) is 20.8. The molecule has 32 heavy (non-hydrogen) atoms. The Kier molecular flexibility index (Phi) is 6.53. The van der Waals surface area contributed by atoms with E-state index in [1.165, 1.54) is 5.56 Å². The Morgan fingerprint density at radius 1 is 0.844 bits per heavy atom. The van der Waals surface area contributed by atoms with Crippen LogP contribution in [0.25, 0.3) is 11.1 Å². The molecule has 0 bridgehead atoms. The third-order valence-electron chi connectivity index (χ3n) is 5.72. The van der Waals surface area contributed by atoms with Crippen LogP contribution in [0.15, 0.2) is 66.7 Å². The first-order chi connectivity index (χ1) is 15.8. The third-order valence-corrected chi connectivity index (χ3v) is 5.72. The van der Waals surface area contributed by atoms with E-state index < -0.39 is 0 Å². The van der Waals surface area contributed by atoms with Crippen molar-refractivity contribution in [2.75, 3.05) is 44.8 Å². The van der Waals surface area contributed by atoms with Gasteiger partial charge in [-0.05, 0) is 41.5 Å². The highest BCUT2D eigenvalue weighted by Crippen LogP contribution is 2.40. The van der Waals surface area contributed by atoms with Crippen molar-refractivity contribution in [3.63, 3.8) is 0 Å². The van der Waals surface area contributed by atoms with E-state index in [4.69, 9.17) is 14.2 Å². The Bertz CT molecular complexity index is 1020. The Morgan fingerprint density at radius 2 is 1.62 bits per heavy atom. The molecule has 3 aromatic rings. The van der Waals surface area contributed by atoms with Gasteiger partial charge >= 0.3 is 0 Å². The van der Waals surface area contributed by atoms with E-state index in [1.54, 1.807) is 0 Å². The van der Waals surface area contributed by atoms with Gasteiger partial charge in [-0.1, -0.05) is 36.4 Å². The molecule has 3 N–H and O–H groups in total. The Hall–Kier alpha value is -3.06. The molecule has 0 spiro atoms. The van der Waals surface area contributed by atoms with Gasteiger partial charge in [-0.15, -0.1) is 0 Å². The summed E-state index contributed by atoms with van der Waals surface area (Å²) in [6.45, 7) is 5.47. The van der Waals surface area contributed by atoms with Gasteiger partial charge in [-0.25, -0.2) is 0 Å². The fourth-order valence-electron chi connectivity index (χ4n) is 4.05. The van der Waals surface area contributed by atoms with Gasteiger partial charge < -0.3 is 30.2 Å². The molecule has 0 saturated carbocycles. The maximum Gasteiger partial charge on any atom is 0.169 e. The summed E-state index contributed by atoms with van der Waals surface area (Å²) >= 11 is 0. The van der Waals surface area contributed by atoms with Gasteiger partial charge in [0.2, 0.25) is 0 Å². The van der Waals surface area contributed by atoms with E-state index in [9.17, 15) is 0 Å². The summed E-state index contributed by atoms with van der Waals surface area (Å²) in [5, 5.41) is 10.4. The van der Waals surface area contributed by atoms with E-state index in [2.05, 4.69) is 70.5 Å². The molecule has 166 valence electrons. The first-order valence-electron chi connectivity index (χ1n) is 11.2. The van der Waals surface area contributed by atoms with Crippen LogP contribution in [-0.4, -0.2) is 45.6 Å². The molecule has 6 heteroatoms. The van der Waals surface area contributed by atoms with Crippen molar-refractivity contribution in [1.29, 1.82) is 0 Å². The minimum Gasteiger partial charge on any atom is -0.486 e. The lowest BCUT2D eigenvalue weighted by atomic mass is 10.0. The van der Waals surface area contributed by atoms with Gasteiger partial charge in [-0.2, -0.15) is 0 Å². The van der Waals surface area contributed by atoms with Crippen LogP contribution in [0.3, 0.4) is 0 Å². The molecule has 0 amide bonds. The molecule has 0 aromatic heterocycles.